The Balaban J connectivity index is 1.63. The molecule has 0 aliphatic carbocycles. The second-order valence-electron chi connectivity index (χ2n) is 9.40. The average molecular weight is 523 g/mol. The summed E-state index contributed by atoms with van der Waals surface area (Å²) in [5.74, 6) is -2.83. The van der Waals surface area contributed by atoms with Crippen LogP contribution in [0.2, 0.25) is 0 Å². The highest BCUT2D eigenvalue weighted by atomic mass is 32.2. The molecule has 1 heterocycles. The van der Waals surface area contributed by atoms with Gasteiger partial charge in [0.25, 0.3) is 5.91 Å². The predicted molar refractivity (Wildman–Crippen MR) is 133 cm³/mol. The minimum Gasteiger partial charge on any atom is -0.342 e. The molecule has 1 aliphatic heterocycles. The molecule has 11 heteroatoms. The Morgan fingerprint density at radius 1 is 1.14 bits per heavy atom. The first-order chi connectivity index (χ1) is 16.9. The lowest BCUT2D eigenvalue weighted by Crippen LogP contribution is -2.47. The number of carbonyl (C=O) groups is 2. The molecule has 1 fully saturated rings. The molecule has 2 N–H and O–H groups in total. The number of rotatable bonds is 9. The Hall–Kier alpha value is -2.89. The van der Waals surface area contributed by atoms with Gasteiger partial charge in [0.2, 0.25) is 15.9 Å². The second-order valence-corrected chi connectivity index (χ2v) is 11.2. The smallest absolute Gasteiger partial charge is 0.269 e. The average Bonchev–Trinajstić information content (AvgIpc) is 2.82. The Morgan fingerprint density at radius 2 is 1.89 bits per heavy atom. The number of benzene rings is 2. The van der Waals surface area contributed by atoms with E-state index in [9.17, 15) is 26.8 Å². The number of hydrazine groups is 1. The molecule has 2 aromatic carbocycles. The Kier molecular flexibility index (Phi) is 9.15. The fourth-order valence-electron chi connectivity index (χ4n) is 4.22. The maximum atomic E-state index is 14.7. The van der Waals surface area contributed by atoms with E-state index in [1.54, 1.807) is 11.0 Å². The third-order valence-electron chi connectivity index (χ3n) is 6.08. The summed E-state index contributed by atoms with van der Waals surface area (Å²) in [4.78, 5) is 30.7. The molecule has 2 amide bonds. The molecule has 3 rings (SSSR count). The monoisotopic (exact) mass is 522 g/mol. The number of hydrogen-bond acceptors (Lipinski definition) is 5. The van der Waals surface area contributed by atoms with E-state index in [4.69, 9.17) is 0 Å². The number of sulfonamides is 1. The molecule has 36 heavy (non-hydrogen) atoms. The van der Waals surface area contributed by atoms with Crippen LogP contribution >= 0.6 is 0 Å². The van der Waals surface area contributed by atoms with Crippen LogP contribution in [0.5, 0.6) is 0 Å². The minimum absolute atomic E-state index is 0.0175. The van der Waals surface area contributed by atoms with Gasteiger partial charge in [-0.3, -0.25) is 15.0 Å². The van der Waals surface area contributed by atoms with Crippen LogP contribution in [0, 0.1) is 24.5 Å². The largest absolute Gasteiger partial charge is 0.342 e. The van der Waals surface area contributed by atoms with Gasteiger partial charge in [-0.1, -0.05) is 12.1 Å². The summed E-state index contributed by atoms with van der Waals surface area (Å²) in [5.41, 5.74) is 2.74. The van der Waals surface area contributed by atoms with Crippen LogP contribution in [0.15, 0.2) is 36.4 Å². The van der Waals surface area contributed by atoms with Crippen molar-refractivity contribution in [3.63, 3.8) is 0 Å². The van der Waals surface area contributed by atoms with Crippen molar-refractivity contribution in [1.82, 2.24) is 20.1 Å². The van der Waals surface area contributed by atoms with Crippen LogP contribution in [0.4, 0.5) is 8.78 Å². The van der Waals surface area contributed by atoms with E-state index in [-0.39, 0.29) is 28.7 Å². The number of halogens is 2. The summed E-state index contributed by atoms with van der Waals surface area (Å²) < 4.78 is 53.6. The van der Waals surface area contributed by atoms with E-state index < -0.39 is 27.6 Å². The zero-order valence-corrected chi connectivity index (χ0v) is 21.5. The second kappa shape index (κ2) is 11.9. The fourth-order valence-corrected chi connectivity index (χ4v) is 5.44. The van der Waals surface area contributed by atoms with Gasteiger partial charge < -0.3 is 9.80 Å². The Bertz CT molecular complexity index is 1220. The normalized spacial score (nSPS) is 16.3. The summed E-state index contributed by atoms with van der Waals surface area (Å²) in [6.45, 7) is 2.99. The first-order valence-electron chi connectivity index (χ1n) is 11.7. The summed E-state index contributed by atoms with van der Waals surface area (Å²) in [6, 6.07) is 8.39. The van der Waals surface area contributed by atoms with Crippen molar-refractivity contribution in [1.29, 1.82) is 0 Å². The van der Waals surface area contributed by atoms with Gasteiger partial charge in [0.1, 0.15) is 11.6 Å². The van der Waals surface area contributed by atoms with Crippen molar-refractivity contribution < 1.29 is 26.8 Å². The van der Waals surface area contributed by atoms with E-state index in [1.807, 2.05) is 23.8 Å². The molecule has 0 bridgehead atoms. The zero-order valence-electron chi connectivity index (χ0n) is 20.7. The lowest BCUT2D eigenvalue weighted by Gasteiger charge is -2.33. The molecule has 1 atom stereocenters. The molecule has 1 aliphatic rings. The standard InChI is InChI=1S/C25H32F2N4O4S/c1-17-12-20(19-7-4-8-21(26)13-19)14-22(24(17)27)25(33)28-29-36(34,35)16-18-6-5-10-31(15-18)23(32)9-11-30(2)3/h4,7-8,12-14,18,29H,5-6,9-11,15-16H2,1-3H3,(H,28,33). The van der Waals surface area contributed by atoms with Crippen LogP contribution in [0.25, 0.3) is 11.1 Å². The topological polar surface area (TPSA) is 98.8 Å². The quantitative estimate of drug-likeness (QED) is 0.494. The van der Waals surface area contributed by atoms with Gasteiger partial charge in [-0.25, -0.2) is 17.2 Å². The first kappa shape index (κ1) is 27.7. The summed E-state index contributed by atoms with van der Waals surface area (Å²) in [6.07, 6.45) is 1.69. The third-order valence-corrected chi connectivity index (χ3v) is 7.40. The highest BCUT2D eigenvalue weighted by molar-refractivity contribution is 7.89. The maximum absolute atomic E-state index is 14.7. The molecule has 2 aromatic rings. The molecule has 1 saturated heterocycles. The van der Waals surface area contributed by atoms with Crippen LogP contribution in [-0.2, 0) is 14.8 Å². The number of aryl methyl sites for hydroxylation is 1. The number of likely N-dealkylation sites (tertiary alicyclic amines) is 1. The number of hydrogen-bond donors (Lipinski definition) is 2. The maximum Gasteiger partial charge on any atom is 0.269 e. The third kappa shape index (κ3) is 7.55. The summed E-state index contributed by atoms with van der Waals surface area (Å²) in [7, 11) is -0.193. The number of amides is 2. The van der Waals surface area contributed by atoms with Gasteiger partial charge >= 0.3 is 0 Å². The minimum atomic E-state index is -3.95. The number of nitrogens with zero attached hydrogens (tertiary/aromatic N) is 2. The molecule has 0 spiro atoms. The van der Waals surface area contributed by atoms with E-state index >= 15 is 0 Å². The SMILES string of the molecule is Cc1cc(-c2cccc(F)c2)cc(C(=O)NNS(=O)(=O)CC2CCCN(C(=O)CCN(C)C)C2)c1F. The van der Waals surface area contributed by atoms with Gasteiger partial charge in [0.05, 0.1) is 11.3 Å². The molecule has 196 valence electrons. The fraction of sp³-hybridized carbons (Fsp3) is 0.440. The zero-order chi connectivity index (χ0) is 26.5. The lowest BCUT2D eigenvalue weighted by atomic mass is 9.99. The summed E-state index contributed by atoms with van der Waals surface area (Å²) >= 11 is 0. The van der Waals surface area contributed by atoms with Crippen LogP contribution in [0.1, 0.15) is 35.2 Å². The number of carbonyl (C=O) groups excluding carboxylic acids is 2. The van der Waals surface area contributed by atoms with Gasteiger partial charge in [-0.2, -0.15) is 0 Å². The predicted octanol–water partition coefficient (Wildman–Crippen LogP) is 2.69. The van der Waals surface area contributed by atoms with Crippen molar-refractivity contribution in [2.75, 3.05) is 39.5 Å². The molecule has 1 unspecified atom stereocenters. The van der Waals surface area contributed by atoms with E-state index in [0.29, 0.717) is 50.0 Å². The van der Waals surface area contributed by atoms with E-state index in [2.05, 4.69) is 5.43 Å². The molecule has 0 saturated carbocycles. The lowest BCUT2D eigenvalue weighted by molar-refractivity contribution is -0.133. The van der Waals surface area contributed by atoms with Crippen LogP contribution < -0.4 is 10.3 Å². The molecular formula is C25H32F2N4O4S. The van der Waals surface area contributed by atoms with Crippen molar-refractivity contribution in [3.05, 3.63) is 59.2 Å². The Labute approximate surface area is 210 Å². The van der Waals surface area contributed by atoms with Crippen molar-refractivity contribution in [3.8, 4) is 11.1 Å². The van der Waals surface area contributed by atoms with Crippen LogP contribution in [0.3, 0.4) is 0 Å². The van der Waals surface area contributed by atoms with Crippen molar-refractivity contribution in [2.24, 2.45) is 5.92 Å². The van der Waals surface area contributed by atoms with Crippen molar-refractivity contribution >= 4 is 21.8 Å². The highest BCUT2D eigenvalue weighted by Gasteiger charge is 2.28. The molecular weight excluding hydrogens is 490 g/mol. The molecule has 8 nitrogen and oxygen atoms in total. The number of nitrogens with one attached hydrogen (secondary N) is 2. The van der Waals surface area contributed by atoms with Gasteiger partial charge in [0, 0.05) is 26.1 Å². The van der Waals surface area contributed by atoms with Crippen molar-refractivity contribution in [2.45, 2.75) is 26.2 Å². The Morgan fingerprint density at radius 3 is 2.58 bits per heavy atom. The number of piperidine rings is 1. The highest BCUT2D eigenvalue weighted by Crippen LogP contribution is 2.25. The van der Waals surface area contributed by atoms with E-state index in [0.717, 1.165) is 0 Å². The van der Waals surface area contributed by atoms with Gasteiger partial charge in [0.15, 0.2) is 0 Å². The summed E-state index contributed by atoms with van der Waals surface area (Å²) in [5, 5.41) is 0. The molecule has 0 aromatic heterocycles. The van der Waals surface area contributed by atoms with Gasteiger partial charge in [-0.15, -0.1) is 4.83 Å². The molecule has 0 radical (unpaired) electrons. The first-order valence-corrected chi connectivity index (χ1v) is 13.4. The van der Waals surface area contributed by atoms with Gasteiger partial charge in [-0.05, 0) is 80.7 Å². The van der Waals surface area contributed by atoms with Crippen LogP contribution in [-0.4, -0.2) is 69.5 Å². The van der Waals surface area contributed by atoms with E-state index in [1.165, 1.54) is 37.3 Å².